The van der Waals surface area contributed by atoms with Gasteiger partial charge in [-0.3, -0.25) is 4.79 Å². The average Bonchev–Trinajstić information content (AvgIpc) is 2.12. The van der Waals surface area contributed by atoms with Crippen LogP contribution in [-0.4, -0.2) is 20.1 Å². The van der Waals surface area contributed by atoms with E-state index in [0.29, 0.717) is 12.1 Å². The highest BCUT2D eigenvalue weighted by Gasteiger charge is 2.24. The second kappa shape index (κ2) is 4.66. The van der Waals surface area contributed by atoms with Crippen LogP contribution in [0.1, 0.15) is 6.42 Å². The van der Waals surface area contributed by atoms with E-state index in [1.54, 1.807) is 0 Å². The summed E-state index contributed by atoms with van der Waals surface area (Å²) in [4.78, 5) is 9.36. The number of anilines is 1. The second-order valence-corrected chi connectivity index (χ2v) is 5.39. The first-order chi connectivity index (χ1) is 7.74. The average molecular weight is 264 g/mol. The van der Waals surface area contributed by atoms with Crippen LogP contribution in [-0.2, 0) is 14.6 Å². The predicted octanol–water partition coefficient (Wildman–Crippen LogP) is 0.196. The molecule has 4 N–H and O–H groups in total. The number of carbonyl (C=O) groups excluding carboxylic acids is 1. The molecular weight excluding hydrogens is 254 g/mol. The molecule has 0 spiro atoms. The predicted molar refractivity (Wildman–Crippen MR) is 56.6 cm³/mol. The van der Waals surface area contributed by atoms with Crippen molar-refractivity contribution >= 4 is 21.4 Å². The summed E-state index contributed by atoms with van der Waals surface area (Å²) < 4.78 is 49.8. The first-order valence-corrected chi connectivity index (χ1v) is 6.15. The van der Waals surface area contributed by atoms with Crippen LogP contribution in [0.3, 0.4) is 0 Å². The molecule has 1 aromatic carbocycles. The molecule has 0 saturated carbocycles. The largest absolute Gasteiger partial charge is 0.399 e. The molecule has 0 fully saturated rings. The number of hydrogen-bond acceptors (Lipinski definition) is 4. The minimum Gasteiger partial charge on any atom is -0.399 e. The number of nitrogen functional groups attached to an aromatic ring is 1. The summed E-state index contributed by atoms with van der Waals surface area (Å²) in [6, 6.07) is 1.39. The fourth-order valence-corrected chi connectivity index (χ4v) is 2.60. The Hall–Kier alpha value is -1.70. The third-order valence-corrected chi connectivity index (χ3v) is 3.70. The molecule has 0 aliphatic heterocycles. The highest BCUT2D eigenvalue weighted by atomic mass is 32.2. The van der Waals surface area contributed by atoms with Crippen LogP contribution >= 0.6 is 0 Å². The zero-order valence-corrected chi connectivity index (χ0v) is 9.43. The maximum absolute atomic E-state index is 13.3. The van der Waals surface area contributed by atoms with E-state index in [4.69, 9.17) is 11.5 Å². The van der Waals surface area contributed by atoms with E-state index in [1.807, 2.05) is 0 Å². The smallest absolute Gasteiger partial charge is 0.218 e. The molecule has 1 aromatic rings. The Balaban J connectivity index is 3.20. The zero-order valence-electron chi connectivity index (χ0n) is 8.61. The van der Waals surface area contributed by atoms with Crippen molar-refractivity contribution in [2.45, 2.75) is 11.3 Å². The van der Waals surface area contributed by atoms with Gasteiger partial charge in [-0.25, -0.2) is 17.2 Å². The summed E-state index contributed by atoms with van der Waals surface area (Å²) in [6.45, 7) is 0. The maximum atomic E-state index is 13.3. The minimum atomic E-state index is -4.24. The lowest BCUT2D eigenvalue weighted by Gasteiger charge is -2.06. The number of primary amides is 1. The second-order valence-electron chi connectivity index (χ2n) is 3.35. The number of sulfone groups is 1. The van der Waals surface area contributed by atoms with Crippen molar-refractivity contribution < 1.29 is 22.0 Å². The normalized spacial score (nSPS) is 11.4. The molecule has 0 bridgehead atoms. The van der Waals surface area contributed by atoms with Gasteiger partial charge < -0.3 is 11.5 Å². The minimum absolute atomic E-state index is 0.228. The summed E-state index contributed by atoms with van der Waals surface area (Å²) in [5, 5.41) is 0. The first kappa shape index (κ1) is 13.4. The van der Waals surface area contributed by atoms with Crippen molar-refractivity contribution in [3.8, 4) is 0 Å². The van der Waals surface area contributed by atoms with Gasteiger partial charge in [0.1, 0.15) is 16.5 Å². The Kier molecular flexibility index (Phi) is 3.66. The summed E-state index contributed by atoms with van der Waals surface area (Å²) in [5.41, 5.74) is 9.68. The van der Waals surface area contributed by atoms with Gasteiger partial charge in [0, 0.05) is 12.1 Å². The molecule has 0 unspecified atom stereocenters. The lowest BCUT2D eigenvalue weighted by molar-refractivity contribution is -0.117. The monoisotopic (exact) mass is 264 g/mol. The van der Waals surface area contributed by atoms with E-state index in [9.17, 15) is 22.0 Å². The molecule has 1 rings (SSSR count). The summed E-state index contributed by atoms with van der Waals surface area (Å²) >= 11 is 0. The summed E-state index contributed by atoms with van der Waals surface area (Å²) in [7, 11) is -4.24. The van der Waals surface area contributed by atoms with Gasteiger partial charge in [0.05, 0.1) is 5.75 Å². The van der Waals surface area contributed by atoms with E-state index in [0.717, 1.165) is 0 Å². The van der Waals surface area contributed by atoms with Crippen molar-refractivity contribution in [2.75, 3.05) is 11.5 Å². The fraction of sp³-hybridized carbons (Fsp3) is 0.222. The Labute approximate surface area is 96.3 Å². The summed E-state index contributed by atoms with van der Waals surface area (Å²) in [5.74, 6) is -4.19. The molecule has 0 radical (unpaired) electrons. The Morgan fingerprint density at radius 1 is 1.24 bits per heavy atom. The van der Waals surface area contributed by atoms with Gasteiger partial charge in [-0.05, 0) is 12.1 Å². The first-order valence-electron chi connectivity index (χ1n) is 4.49. The molecule has 5 nitrogen and oxygen atoms in total. The van der Waals surface area contributed by atoms with Crippen molar-refractivity contribution in [1.29, 1.82) is 0 Å². The number of rotatable bonds is 4. The van der Waals surface area contributed by atoms with Crippen LogP contribution in [0.2, 0.25) is 0 Å². The van der Waals surface area contributed by atoms with Gasteiger partial charge in [0.15, 0.2) is 9.84 Å². The Morgan fingerprint density at radius 2 is 1.71 bits per heavy atom. The van der Waals surface area contributed by atoms with Crippen molar-refractivity contribution in [3.63, 3.8) is 0 Å². The molecule has 0 atom stereocenters. The topological polar surface area (TPSA) is 103 Å². The van der Waals surface area contributed by atoms with Crippen LogP contribution in [0.5, 0.6) is 0 Å². The zero-order chi connectivity index (χ0) is 13.2. The SMILES string of the molecule is NC(=O)CCS(=O)(=O)c1c(F)cc(N)cc1F. The number of carbonyl (C=O) groups is 1. The van der Waals surface area contributed by atoms with E-state index < -0.39 is 44.4 Å². The van der Waals surface area contributed by atoms with Crippen LogP contribution in [0.4, 0.5) is 14.5 Å². The standard InChI is InChI=1S/C9H10F2N2O3S/c10-6-3-5(12)4-7(11)9(6)17(15,16)2-1-8(13)14/h3-4H,1-2,12H2,(H2,13,14). The lowest BCUT2D eigenvalue weighted by Crippen LogP contribution is -2.19. The lowest BCUT2D eigenvalue weighted by atomic mass is 10.3. The molecule has 0 heterocycles. The van der Waals surface area contributed by atoms with Crippen LogP contribution in [0, 0.1) is 11.6 Å². The number of amides is 1. The number of benzene rings is 1. The highest BCUT2D eigenvalue weighted by Crippen LogP contribution is 2.23. The van der Waals surface area contributed by atoms with Crippen LogP contribution in [0.15, 0.2) is 17.0 Å². The molecule has 17 heavy (non-hydrogen) atoms. The van der Waals surface area contributed by atoms with Gasteiger partial charge >= 0.3 is 0 Å². The quantitative estimate of drug-likeness (QED) is 0.758. The van der Waals surface area contributed by atoms with Crippen molar-refractivity contribution in [1.82, 2.24) is 0 Å². The van der Waals surface area contributed by atoms with Gasteiger partial charge in [0.25, 0.3) is 0 Å². The van der Waals surface area contributed by atoms with Gasteiger partial charge in [-0.15, -0.1) is 0 Å². The molecule has 0 saturated heterocycles. The molecule has 0 aromatic heterocycles. The van der Waals surface area contributed by atoms with E-state index >= 15 is 0 Å². The van der Waals surface area contributed by atoms with Gasteiger partial charge in [-0.1, -0.05) is 0 Å². The number of hydrogen-bond donors (Lipinski definition) is 2. The molecule has 8 heteroatoms. The van der Waals surface area contributed by atoms with Gasteiger partial charge in [-0.2, -0.15) is 0 Å². The Bertz CT molecular complexity index is 534. The highest BCUT2D eigenvalue weighted by molar-refractivity contribution is 7.91. The van der Waals surface area contributed by atoms with Crippen molar-refractivity contribution in [3.05, 3.63) is 23.8 Å². The third kappa shape index (κ3) is 3.13. The molecule has 94 valence electrons. The van der Waals surface area contributed by atoms with Crippen LogP contribution < -0.4 is 11.5 Å². The Morgan fingerprint density at radius 3 is 2.12 bits per heavy atom. The number of halogens is 2. The molecular formula is C9H10F2N2O3S. The fourth-order valence-electron chi connectivity index (χ4n) is 1.21. The third-order valence-electron chi connectivity index (χ3n) is 1.95. The molecule has 0 aliphatic rings. The van der Waals surface area contributed by atoms with Gasteiger partial charge in [0.2, 0.25) is 5.91 Å². The summed E-state index contributed by atoms with van der Waals surface area (Å²) in [6.07, 6.45) is -0.508. The van der Waals surface area contributed by atoms with E-state index in [1.165, 1.54) is 0 Å². The molecule has 0 aliphatic carbocycles. The molecule has 1 amide bonds. The maximum Gasteiger partial charge on any atom is 0.218 e. The van der Waals surface area contributed by atoms with E-state index in [2.05, 4.69) is 0 Å². The number of nitrogens with two attached hydrogens (primary N) is 2. The van der Waals surface area contributed by atoms with E-state index in [-0.39, 0.29) is 5.69 Å². The van der Waals surface area contributed by atoms with Crippen molar-refractivity contribution in [2.24, 2.45) is 5.73 Å². The van der Waals surface area contributed by atoms with Crippen LogP contribution in [0.25, 0.3) is 0 Å².